The number of hydrogen-bond acceptors (Lipinski definition) is 0. The summed E-state index contributed by atoms with van der Waals surface area (Å²) in [7, 11) is 0. The molecule has 5 aromatic carbocycles. The topological polar surface area (TPSA) is 9.86 Å². The predicted octanol–water partition coefficient (Wildman–Crippen LogP) is 9.18. The smallest absolute Gasteiger partial charge is 0.0542 e. The van der Waals surface area contributed by atoms with E-state index in [0.29, 0.717) is 0 Å². The molecule has 0 spiro atoms. The summed E-state index contributed by atoms with van der Waals surface area (Å²) in [5, 5.41) is 5.12. The maximum atomic E-state index is 2.41. The van der Waals surface area contributed by atoms with Crippen LogP contribution in [0.1, 0.15) is 26.3 Å². The first-order chi connectivity index (χ1) is 17.5. The molecule has 2 nitrogen and oxygen atoms in total. The summed E-state index contributed by atoms with van der Waals surface area (Å²) in [6.45, 7) is 6.82. The van der Waals surface area contributed by atoms with Crippen molar-refractivity contribution in [2.24, 2.45) is 0 Å². The molecule has 7 aromatic rings. The Morgan fingerprint density at radius 3 is 1.44 bits per heavy atom. The van der Waals surface area contributed by atoms with E-state index in [-0.39, 0.29) is 5.41 Å². The van der Waals surface area contributed by atoms with Gasteiger partial charge in [0.25, 0.3) is 0 Å². The monoisotopic (exact) mass is 464 g/mol. The minimum Gasteiger partial charge on any atom is -0.309 e. The summed E-state index contributed by atoms with van der Waals surface area (Å²) in [6, 6.07) is 42.1. The molecular weight excluding hydrogens is 436 g/mol. The van der Waals surface area contributed by atoms with Gasteiger partial charge in [-0.2, -0.15) is 0 Å². The number of para-hydroxylation sites is 3. The lowest BCUT2D eigenvalue weighted by atomic mass is 9.87. The molecule has 7 rings (SSSR count). The van der Waals surface area contributed by atoms with Gasteiger partial charge in [0.05, 0.1) is 22.1 Å². The summed E-state index contributed by atoms with van der Waals surface area (Å²) in [5.74, 6) is 0. The average Bonchev–Trinajstić information content (AvgIpc) is 3.41. The molecule has 174 valence electrons. The van der Waals surface area contributed by atoms with Crippen LogP contribution in [0.3, 0.4) is 0 Å². The van der Waals surface area contributed by atoms with Gasteiger partial charge in [0.1, 0.15) is 0 Å². The van der Waals surface area contributed by atoms with E-state index in [2.05, 4.69) is 145 Å². The zero-order valence-corrected chi connectivity index (χ0v) is 20.9. The van der Waals surface area contributed by atoms with Crippen molar-refractivity contribution in [1.82, 2.24) is 9.13 Å². The van der Waals surface area contributed by atoms with Crippen LogP contribution < -0.4 is 0 Å². The predicted molar refractivity (Wildman–Crippen MR) is 154 cm³/mol. The van der Waals surface area contributed by atoms with Crippen LogP contribution in [0.4, 0.5) is 0 Å². The Kier molecular flexibility index (Phi) is 4.44. The number of nitrogens with zero attached hydrogens (tertiary/aromatic N) is 2. The molecule has 0 amide bonds. The third-order valence-electron chi connectivity index (χ3n) is 7.46. The highest BCUT2D eigenvalue weighted by Crippen LogP contribution is 2.37. The Labute approximate surface area is 211 Å². The van der Waals surface area contributed by atoms with Crippen LogP contribution in [0.25, 0.3) is 55.0 Å². The van der Waals surface area contributed by atoms with Crippen LogP contribution in [0.5, 0.6) is 0 Å². The quantitative estimate of drug-likeness (QED) is 0.241. The molecular formula is C34H28N2. The van der Waals surface area contributed by atoms with E-state index in [1.807, 2.05) is 0 Å². The minimum atomic E-state index is 0.0957. The highest BCUT2D eigenvalue weighted by molar-refractivity contribution is 6.12. The Hall–Kier alpha value is -4.30. The van der Waals surface area contributed by atoms with Gasteiger partial charge in [-0.15, -0.1) is 0 Å². The van der Waals surface area contributed by atoms with Crippen LogP contribution in [-0.4, -0.2) is 9.13 Å². The highest BCUT2D eigenvalue weighted by atomic mass is 15.0. The molecule has 0 aliphatic carbocycles. The molecule has 0 aliphatic heterocycles. The molecule has 0 atom stereocenters. The molecule has 2 heteroatoms. The van der Waals surface area contributed by atoms with E-state index in [9.17, 15) is 0 Å². The molecule has 0 saturated heterocycles. The van der Waals surface area contributed by atoms with Gasteiger partial charge in [-0.05, 0) is 59.5 Å². The fourth-order valence-corrected chi connectivity index (χ4v) is 5.69. The fraction of sp³-hybridized carbons (Fsp3) is 0.118. The van der Waals surface area contributed by atoms with E-state index in [1.165, 1.54) is 60.5 Å². The van der Waals surface area contributed by atoms with Crippen LogP contribution in [0.2, 0.25) is 0 Å². The molecule has 0 saturated carbocycles. The summed E-state index contributed by atoms with van der Waals surface area (Å²) < 4.78 is 4.81. The number of aromatic nitrogens is 2. The van der Waals surface area contributed by atoms with Crippen molar-refractivity contribution in [3.8, 4) is 11.4 Å². The van der Waals surface area contributed by atoms with E-state index < -0.39 is 0 Å². The first-order valence-electron chi connectivity index (χ1n) is 12.6. The lowest BCUT2D eigenvalue weighted by molar-refractivity contribution is 0.590. The van der Waals surface area contributed by atoms with Gasteiger partial charge in [-0.25, -0.2) is 0 Å². The van der Waals surface area contributed by atoms with Crippen LogP contribution in [-0.2, 0) is 5.41 Å². The van der Waals surface area contributed by atoms with Crippen molar-refractivity contribution in [2.45, 2.75) is 26.2 Å². The first kappa shape index (κ1) is 21.0. The molecule has 2 aromatic heterocycles. The van der Waals surface area contributed by atoms with E-state index in [4.69, 9.17) is 0 Å². The number of benzene rings is 5. The lowest BCUT2D eigenvalue weighted by Gasteiger charge is -2.20. The molecule has 36 heavy (non-hydrogen) atoms. The lowest BCUT2D eigenvalue weighted by Crippen LogP contribution is -2.11. The van der Waals surface area contributed by atoms with E-state index >= 15 is 0 Å². The van der Waals surface area contributed by atoms with Crippen LogP contribution in [0.15, 0.2) is 115 Å². The second-order valence-electron chi connectivity index (χ2n) is 10.7. The average molecular weight is 465 g/mol. The Bertz CT molecular complexity index is 1870. The Morgan fingerprint density at radius 2 is 0.889 bits per heavy atom. The zero-order valence-electron chi connectivity index (χ0n) is 20.9. The van der Waals surface area contributed by atoms with E-state index in [0.717, 1.165) is 0 Å². The zero-order chi connectivity index (χ0) is 24.4. The second-order valence-corrected chi connectivity index (χ2v) is 10.7. The second kappa shape index (κ2) is 7.60. The van der Waals surface area contributed by atoms with Gasteiger partial charge in [0, 0.05) is 32.9 Å². The van der Waals surface area contributed by atoms with Crippen molar-refractivity contribution in [1.29, 1.82) is 0 Å². The maximum absolute atomic E-state index is 2.41. The first-order valence-corrected chi connectivity index (χ1v) is 12.6. The summed E-state index contributed by atoms with van der Waals surface area (Å²) >= 11 is 0. The molecule has 0 aliphatic rings. The van der Waals surface area contributed by atoms with Crippen LogP contribution in [0, 0.1) is 0 Å². The van der Waals surface area contributed by atoms with Crippen molar-refractivity contribution >= 4 is 43.6 Å². The van der Waals surface area contributed by atoms with Crippen molar-refractivity contribution < 1.29 is 0 Å². The van der Waals surface area contributed by atoms with Crippen molar-refractivity contribution in [3.05, 3.63) is 121 Å². The molecule has 2 heterocycles. The third kappa shape index (κ3) is 3.04. The fourth-order valence-electron chi connectivity index (χ4n) is 5.69. The summed E-state index contributed by atoms with van der Waals surface area (Å²) in [5.41, 5.74) is 8.76. The van der Waals surface area contributed by atoms with Gasteiger partial charge in [-0.3, -0.25) is 0 Å². The van der Waals surface area contributed by atoms with Crippen LogP contribution >= 0.6 is 0 Å². The molecule has 0 bridgehead atoms. The molecule has 0 unspecified atom stereocenters. The summed E-state index contributed by atoms with van der Waals surface area (Å²) in [6.07, 6.45) is 0. The maximum Gasteiger partial charge on any atom is 0.0542 e. The van der Waals surface area contributed by atoms with Gasteiger partial charge < -0.3 is 9.13 Å². The molecule has 0 fully saturated rings. The Balaban J connectivity index is 1.54. The molecule has 0 radical (unpaired) electrons. The largest absolute Gasteiger partial charge is 0.309 e. The van der Waals surface area contributed by atoms with Gasteiger partial charge in [0.2, 0.25) is 0 Å². The molecule has 0 N–H and O–H groups in total. The van der Waals surface area contributed by atoms with E-state index in [1.54, 1.807) is 0 Å². The number of hydrogen-bond donors (Lipinski definition) is 0. The van der Waals surface area contributed by atoms with Gasteiger partial charge in [0.15, 0.2) is 0 Å². The SMILES string of the molecule is CC(C)(C)c1cccc(-n2c3ccccc3c3cc(-n4c5ccccc5c5ccccc54)ccc32)c1. The summed E-state index contributed by atoms with van der Waals surface area (Å²) in [4.78, 5) is 0. The third-order valence-corrected chi connectivity index (χ3v) is 7.46. The van der Waals surface area contributed by atoms with Gasteiger partial charge in [-0.1, -0.05) is 87.5 Å². The minimum absolute atomic E-state index is 0.0957. The normalized spacial score (nSPS) is 12.3. The number of rotatable bonds is 2. The Morgan fingerprint density at radius 1 is 0.417 bits per heavy atom. The van der Waals surface area contributed by atoms with Gasteiger partial charge >= 0.3 is 0 Å². The van der Waals surface area contributed by atoms with Crippen molar-refractivity contribution in [2.75, 3.05) is 0 Å². The standard InChI is InChI=1S/C34H28N2/c1-34(2,3)23-11-10-12-24(21-23)35-32-18-9-6-15-28(32)29-22-25(19-20-33(29)35)36-30-16-7-4-13-26(30)27-14-5-8-17-31(27)36/h4-22H,1-3H3. The highest BCUT2D eigenvalue weighted by Gasteiger charge is 2.18. The van der Waals surface area contributed by atoms with Crippen molar-refractivity contribution in [3.63, 3.8) is 0 Å². The number of fused-ring (bicyclic) bond motifs is 6.